The fraction of sp³-hybridized carbons (Fsp3) is 0.250. The van der Waals surface area contributed by atoms with Gasteiger partial charge in [0.05, 0.1) is 11.8 Å². The molecular weight excluding hydrogens is 339 g/mol. The molecule has 126 valence electrons. The van der Waals surface area contributed by atoms with E-state index in [1.165, 1.54) is 12.3 Å². The molecular formula is C16H14F3N3OS. The zero-order valence-corrected chi connectivity index (χ0v) is 13.2. The largest absolute Gasteiger partial charge is 0.455 e. The van der Waals surface area contributed by atoms with Gasteiger partial charge in [-0.2, -0.15) is 18.3 Å². The van der Waals surface area contributed by atoms with Crippen molar-refractivity contribution in [2.45, 2.75) is 25.1 Å². The third kappa shape index (κ3) is 4.35. The van der Waals surface area contributed by atoms with Crippen molar-refractivity contribution in [3.05, 3.63) is 47.7 Å². The summed E-state index contributed by atoms with van der Waals surface area (Å²) in [6.45, 7) is 0. The number of nitrogens with one attached hydrogen (secondary N) is 2. The maximum absolute atomic E-state index is 12.7. The van der Waals surface area contributed by atoms with Gasteiger partial charge in [0, 0.05) is 11.6 Å². The molecule has 0 radical (unpaired) electrons. The first kappa shape index (κ1) is 16.5. The SMILES string of the molecule is FC(F)(F)c1cccc(-c2ccc(/C=N/NC(=S)NC3CC3)o2)c1. The van der Waals surface area contributed by atoms with Gasteiger partial charge in [-0.1, -0.05) is 12.1 Å². The lowest BCUT2D eigenvalue weighted by molar-refractivity contribution is -0.137. The first-order valence-corrected chi connectivity index (χ1v) is 7.70. The quantitative estimate of drug-likeness (QED) is 0.497. The molecule has 0 spiro atoms. The summed E-state index contributed by atoms with van der Waals surface area (Å²) in [5.41, 5.74) is 2.29. The zero-order valence-electron chi connectivity index (χ0n) is 12.4. The number of furan rings is 1. The lowest BCUT2D eigenvalue weighted by atomic mass is 10.1. The van der Waals surface area contributed by atoms with Crippen LogP contribution in [0.3, 0.4) is 0 Å². The lowest BCUT2D eigenvalue weighted by Crippen LogP contribution is -2.33. The smallest absolute Gasteiger partial charge is 0.416 e. The molecule has 8 heteroatoms. The van der Waals surface area contributed by atoms with Gasteiger partial charge in [0.1, 0.15) is 11.5 Å². The van der Waals surface area contributed by atoms with Crippen LogP contribution in [-0.2, 0) is 6.18 Å². The highest BCUT2D eigenvalue weighted by atomic mass is 32.1. The molecule has 1 saturated carbocycles. The van der Waals surface area contributed by atoms with Crippen molar-refractivity contribution in [1.82, 2.24) is 10.7 Å². The van der Waals surface area contributed by atoms with Gasteiger partial charge >= 0.3 is 6.18 Å². The number of hydrazone groups is 1. The standard InChI is InChI=1S/C16H14F3N3OS/c17-16(18,19)11-3-1-2-10(8-11)14-7-6-13(23-14)9-20-22-15(24)21-12-4-5-12/h1-3,6-9,12H,4-5H2,(H2,21,22,24)/b20-9+. The molecule has 1 aromatic carbocycles. The summed E-state index contributed by atoms with van der Waals surface area (Å²) in [5, 5.41) is 7.42. The molecule has 0 unspecified atom stereocenters. The van der Waals surface area contributed by atoms with E-state index in [1.54, 1.807) is 18.2 Å². The molecule has 1 heterocycles. The second-order valence-corrected chi connectivity index (χ2v) is 5.81. The number of benzene rings is 1. The highest BCUT2D eigenvalue weighted by Gasteiger charge is 2.30. The summed E-state index contributed by atoms with van der Waals surface area (Å²) in [7, 11) is 0. The number of thiocarbonyl (C=S) groups is 1. The highest BCUT2D eigenvalue weighted by molar-refractivity contribution is 7.80. The first-order chi connectivity index (χ1) is 11.4. The van der Waals surface area contributed by atoms with Crippen molar-refractivity contribution in [2.75, 3.05) is 0 Å². The number of rotatable bonds is 4. The molecule has 0 amide bonds. The Kier molecular flexibility index (Phi) is 4.57. The molecule has 0 bridgehead atoms. The van der Waals surface area contributed by atoms with E-state index in [2.05, 4.69) is 15.8 Å². The maximum atomic E-state index is 12.7. The van der Waals surface area contributed by atoms with Crippen LogP contribution >= 0.6 is 12.2 Å². The van der Waals surface area contributed by atoms with Gasteiger partial charge in [0.15, 0.2) is 5.11 Å². The Morgan fingerprint density at radius 3 is 2.75 bits per heavy atom. The van der Waals surface area contributed by atoms with Crippen LogP contribution in [0.1, 0.15) is 24.2 Å². The highest BCUT2D eigenvalue weighted by Crippen LogP contribution is 2.32. The van der Waals surface area contributed by atoms with Crippen molar-refractivity contribution in [3.8, 4) is 11.3 Å². The van der Waals surface area contributed by atoms with E-state index in [-0.39, 0.29) is 0 Å². The van der Waals surface area contributed by atoms with Gasteiger partial charge in [-0.25, -0.2) is 0 Å². The number of alkyl halides is 3. The molecule has 2 aromatic rings. The Labute approximate surface area is 141 Å². The zero-order chi connectivity index (χ0) is 17.2. The van der Waals surface area contributed by atoms with E-state index in [0.29, 0.717) is 28.2 Å². The van der Waals surface area contributed by atoms with Crippen molar-refractivity contribution in [1.29, 1.82) is 0 Å². The predicted molar refractivity (Wildman–Crippen MR) is 88.6 cm³/mol. The molecule has 0 atom stereocenters. The third-order valence-corrected chi connectivity index (χ3v) is 3.58. The number of halogens is 3. The molecule has 1 aliphatic carbocycles. The third-order valence-electron chi connectivity index (χ3n) is 3.37. The van der Waals surface area contributed by atoms with E-state index < -0.39 is 11.7 Å². The molecule has 4 nitrogen and oxygen atoms in total. The van der Waals surface area contributed by atoms with Crippen LogP contribution in [0.25, 0.3) is 11.3 Å². The van der Waals surface area contributed by atoms with Gasteiger partial charge in [0.2, 0.25) is 0 Å². The summed E-state index contributed by atoms with van der Waals surface area (Å²) >= 11 is 5.04. The Bertz CT molecular complexity index is 766. The van der Waals surface area contributed by atoms with Crippen LogP contribution in [0.5, 0.6) is 0 Å². The van der Waals surface area contributed by atoms with Gasteiger partial charge < -0.3 is 9.73 Å². The van der Waals surface area contributed by atoms with E-state index in [9.17, 15) is 13.2 Å². The summed E-state index contributed by atoms with van der Waals surface area (Å²) in [4.78, 5) is 0. The topological polar surface area (TPSA) is 49.6 Å². The minimum absolute atomic E-state index is 0.334. The van der Waals surface area contributed by atoms with E-state index in [1.807, 2.05) is 0 Å². The van der Waals surface area contributed by atoms with Crippen molar-refractivity contribution < 1.29 is 17.6 Å². The van der Waals surface area contributed by atoms with Crippen LogP contribution in [0, 0.1) is 0 Å². The Morgan fingerprint density at radius 1 is 1.25 bits per heavy atom. The fourth-order valence-electron chi connectivity index (χ4n) is 2.03. The summed E-state index contributed by atoms with van der Waals surface area (Å²) in [6.07, 6.45) is -0.771. The molecule has 0 saturated heterocycles. The average molecular weight is 353 g/mol. The molecule has 24 heavy (non-hydrogen) atoms. The molecule has 2 N–H and O–H groups in total. The van der Waals surface area contributed by atoms with Gasteiger partial charge in [-0.3, -0.25) is 5.43 Å². The molecule has 0 aliphatic heterocycles. The van der Waals surface area contributed by atoms with Gasteiger partial charge in [0.25, 0.3) is 0 Å². The minimum atomic E-state index is -4.39. The summed E-state index contributed by atoms with van der Waals surface area (Å²) in [6, 6.07) is 8.62. The normalized spacial score (nSPS) is 14.8. The van der Waals surface area contributed by atoms with Gasteiger partial charge in [-0.05, 0) is 49.3 Å². The molecule has 1 aromatic heterocycles. The Balaban J connectivity index is 1.65. The molecule has 3 rings (SSSR count). The van der Waals surface area contributed by atoms with Crippen LogP contribution < -0.4 is 10.7 Å². The first-order valence-electron chi connectivity index (χ1n) is 7.29. The minimum Gasteiger partial charge on any atom is -0.455 e. The van der Waals surface area contributed by atoms with Gasteiger partial charge in [-0.15, -0.1) is 0 Å². The summed E-state index contributed by atoms with van der Waals surface area (Å²) in [5.74, 6) is 0.741. The second-order valence-electron chi connectivity index (χ2n) is 5.40. The lowest BCUT2D eigenvalue weighted by Gasteiger charge is -2.07. The molecule has 1 aliphatic rings. The van der Waals surface area contributed by atoms with E-state index in [4.69, 9.17) is 16.6 Å². The number of nitrogens with zero attached hydrogens (tertiary/aromatic N) is 1. The van der Waals surface area contributed by atoms with Crippen LogP contribution in [-0.4, -0.2) is 17.4 Å². The van der Waals surface area contributed by atoms with Crippen molar-refractivity contribution in [2.24, 2.45) is 5.10 Å². The Morgan fingerprint density at radius 2 is 2.04 bits per heavy atom. The number of hydrogen-bond donors (Lipinski definition) is 2. The fourth-order valence-corrected chi connectivity index (χ4v) is 2.25. The maximum Gasteiger partial charge on any atom is 0.416 e. The monoisotopic (exact) mass is 353 g/mol. The van der Waals surface area contributed by atoms with Crippen molar-refractivity contribution in [3.63, 3.8) is 0 Å². The Hall–Kier alpha value is -2.35. The van der Waals surface area contributed by atoms with Crippen LogP contribution in [0.2, 0.25) is 0 Å². The van der Waals surface area contributed by atoms with E-state index >= 15 is 0 Å². The summed E-state index contributed by atoms with van der Waals surface area (Å²) < 4.78 is 43.7. The van der Waals surface area contributed by atoms with Crippen LogP contribution in [0.4, 0.5) is 13.2 Å². The predicted octanol–water partition coefficient (Wildman–Crippen LogP) is 3.93. The van der Waals surface area contributed by atoms with Crippen molar-refractivity contribution >= 4 is 23.5 Å². The van der Waals surface area contributed by atoms with Crippen LogP contribution in [0.15, 0.2) is 45.9 Å². The average Bonchev–Trinajstić information content (AvgIpc) is 3.21. The second kappa shape index (κ2) is 6.64. The number of hydrogen-bond acceptors (Lipinski definition) is 3. The molecule has 1 fully saturated rings. The van der Waals surface area contributed by atoms with E-state index in [0.717, 1.165) is 25.0 Å².